The largest absolute Gasteiger partial charge is 0.463 e. The van der Waals surface area contributed by atoms with Gasteiger partial charge < -0.3 is 14.2 Å². The van der Waals surface area contributed by atoms with E-state index in [0.29, 0.717) is 6.61 Å². The van der Waals surface area contributed by atoms with Crippen LogP contribution >= 0.6 is 0 Å². The maximum atomic E-state index is 12.2. The van der Waals surface area contributed by atoms with Gasteiger partial charge in [0.1, 0.15) is 19.3 Å². The number of rotatable bonds is 16. The number of unbranched alkanes of at least 4 members (excludes halogenated alkanes) is 2. The van der Waals surface area contributed by atoms with Crippen molar-refractivity contribution in [2.45, 2.75) is 92.1 Å². The molecule has 0 aromatic carbocycles. The monoisotopic (exact) mass is 372 g/mol. The Morgan fingerprint density at radius 2 is 1.15 bits per heavy atom. The van der Waals surface area contributed by atoms with E-state index in [1.54, 1.807) is 0 Å². The van der Waals surface area contributed by atoms with Crippen molar-refractivity contribution < 1.29 is 23.8 Å². The van der Waals surface area contributed by atoms with Crippen molar-refractivity contribution in [3.8, 4) is 0 Å². The fourth-order valence-electron chi connectivity index (χ4n) is 2.84. The fraction of sp³-hybridized carbons (Fsp3) is 0.905. The van der Waals surface area contributed by atoms with Crippen molar-refractivity contribution in [2.24, 2.45) is 11.8 Å². The molecule has 0 aliphatic rings. The minimum Gasteiger partial charge on any atom is -0.463 e. The first kappa shape index (κ1) is 24.9. The van der Waals surface area contributed by atoms with E-state index in [4.69, 9.17) is 14.2 Å². The smallest absolute Gasteiger partial charge is 0.309 e. The third-order valence-corrected chi connectivity index (χ3v) is 4.69. The van der Waals surface area contributed by atoms with Crippen molar-refractivity contribution in [2.75, 3.05) is 19.8 Å². The summed E-state index contributed by atoms with van der Waals surface area (Å²) in [6.07, 6.45) is 7.06. The number of hydrogen-bond donors (Lipinski definition) is 0. The van der Waals surface area contributed by atoms with Gasteiger partial charge >= 0.3 is 11.9 Å². The van der Waals surface area contributed by atoms with Crippen molar-refractivity contribution >= 4 is 11.9 Å². The Labute approximate surface area is 160 Å². The molecule has 0 aromatic rings. The van der Waals surface area contributed by atoms with E-state index in [1.807, 2.05) is 20.8 Å². The standard InChI is InChI=1S/C21H40O5/c1-6-11-13-17(8-3)20(22)25-15-19(24-10-5)16-26-21(23)18(9-4)14-12-7-2/h17-19H,6-16H2,1-5H3. The number of carbonyl (C=O) groups excluding carboxylic acids is 2. The third-order valence-electron chi connectivity index (χ3n) is 4.69. The van der Waals surface area contributed by atoms with E-state index in [2.05, 4.69) is 13.8 Å². The predicted molar refractivity (Wildman–Crippen MR) is 104 cm³/mol. The van der Waals surface area contributed by atoms with E-state index < -0.39 is 6.10 Å². The first-order chi connectivity index (χ1) is 12.5. The first-order valence-electron chi connectivity index (χ1n) is 10.5. The summed E-state index contributed by atoms with van der Waals surface area (Å²) in [5, 5.41) is 0. The van der Waals surface area contributed by atoms with Gasteiger partial charge in [0.2, 0.25) is 0 Å². The second-order valence-electron chi connectivity index (χ2n) is 6.83. The molecule has 0 heterocycles. The van der Waals surface area contributed by atoms with E-state index in [0.717, 1.165) is 51.4 Å². The lowest BCUT2D eigenvalue weighted by molar-refractivity contribution is -0.160. The molecule has 0 fully saturated rings. The Morgan fingerprint density at radius 3 is 1.46 bits per heavy atom. The maximum absolute atomic E-state index is 12.2. The zero-order chi connectivity index (χ0) is 19.8. The quantitative estimate of drug-likeness (QED) is 0.360. The van der Waals surface area contributed by atoms with Crippen LogP contribution in [0.15, 0.2) is 0 Å². The maximum Gasteiger partial charge on any atom is 0.309 e. The summed E-state index contributed by atoms with van der Waals surface area (Å²) in [6.45, 7) is 10.9. The van der Waals surface area contributed by atoms with Crippen LogP contribution in [-0.4, -0.2) is 37.9 Å². The number of ether oxygens (including phenoxy) is 3. The lowest BCUT2D eigenvalue weighted by Crippen LogP contribution is -2.31. The SMILES string of the molecule is CCCCC(CC)C(=O)OCC(COC(=O)C(CC)CCCC)OCC. The summed E-state index contributed by atoms with van der Waals surface area (Å²) in [5.74, 6) is -0.464. The van der Waals surface area contributed by atoms with Crippen molar-refractivity contribution in [3.63, 3.8) is 0 Å². The van der Waals surface area contributed by atoms with Crippen LogP contribution in [0.25, 0.3) is 0 Å². The summed E-state index contributed by atoms with van der Waals surface area (Å²) in [7, 11) is 0. The van der Waals surface area contributed by atoms with Crippen LogP contribution in [0.5, 0.6) is 0 Å². The van der Waals surface area contributed by atoms with Crippen LogP contribution in [0.4, 0.5) is 0 Å². The summed E-state index contributed by atoms with van der Waals surface area (Å²) in [5.41, 5.74) is 0. The molecular weight excluding hydrogens is 332 g/mol. The first-order valence-corrected chi connectivity index (χ1v) is 10.5. The van der Waals surface area contributed by atoms with E-state index in [9.17, 15) is 9.59 Å². The molecule has 0 aromatic heterocycles. The minimum absolute atomic E-state index is 0.0571. The van der Waals surface area contributed by atoms with Gasteiger partial charge in [-0.2, -0.15) is 0 Å². The van der Waals surface area contributed by atoms with Gasteiger partial charge in [0.05, 0.1) is 11.8 Å². The second kappa shape index (κ2) is 16.1. The van der Waals surface area contributed by atoms with Crippen molar-refractivity contribution in [1.29, 1.82) is 0 Å². The molecule has 2 unspecified atom stereocenters. The van der Waals surface area contributed by atoms with Crippen LogP contribution in [-0.2, 0) is 23.8 Å². The highest BCUT2D eigenvalue weighted by Crippen LogP contribution is 2.16. The van der Waals surface area contributed by atoms with Gasteiger partial charge in [0.25, 0.3) is 0 Å². The van der Waals surface area contributed by atoms with Gasteiger partial charge in [-0.25, -0.2) is 0 Å². The van der Waals surface area contributed by atoms with Crippen molar-refractivity contribution in [3.05, 3.63) is 0 Å². The highest BCUT2D eigenvalue weighted by Gasteiger charge is 2.22. The van der Waals surface area contributed by atoms with Gasteiger partial charge in [-0.05, 0) is 32.6 Å². The Morgan fingerprint density at radius 1 is 0.731 bits per heavy atom. The van der Waals surface area contributed by atoms with Gasteiger partial charge in [-0.1, -0.05) is 53.4 Å². The lowest BCUT2D eigenvalue weighted by Gasteiger charge is -2.21. The van der Waals surface area contributed by atoms with E-state index >= 15 is 0 Å². The average molecular weight is 373 g/mol. The Kier molecular flexibility index (Phi) is 15.4. The van der Waals surface area contributed by atoms with Gasteiger partial charge in [-0.3, -0.25) is 9.59 Å². The average Bonchev–Trinajstić information content (AvgIpc) is 2.65. The molecular formula is C21H40O5. The van der Waals surface area contributed by atoms with Crippen LogP contribution in [0.2, 0.25) is 0 Å². The summed E-state index contributed by atoms with van der Waals surface area (Å²) >= 11 is 0. The van der Waals surface area contributed by atoms with Gasteiger partial charge in [-0.15, -0.1) is 0 Å². The predicted octanol–water partition coefficient (Wildman–Crippen LogP) is 4.91. The van der Waals surface area contributed by atoms with Crippen molar-refractivity contribution in [1.82, 2.24) is 0 Å². The molecule has 154 valence electrons. The zero-order valence-corrected chi connectivity index (χ0v) is 17.6. The van der Waals surface area contributed by atoms with E-state index in [-0.39, 0.29) is 37.0 Å². The fourth-order valence-corrected chi connectivity index (χ4v) is 2.84. The molecule has 0 saturated heterocycles. The molecule has 0 radical (unpaired) electrons. The molecule has 5 nitrogen and oxygen atoms in total. The number of esters is 2. The molecule has 2 atom stereocenters. The molecule has 0 saturated carbocycles. The third kappa shape index (κ3) is 10.8. The topological polar surface area (TPSA) is 61.8 Å². The van der Waals surface area contributed by atoms with Gasteiger partial charge in [0, 0.05) is 6.61 Å². The van der Waals surface area contributed by atoms with Crippen LogP contribution in [0, 0.1) is 11.8 Å². The highest BCUT2D eigenvalue weighted by atomic mass is 16.6. The van der Waals surface area contributed by atoms with E-state index in [1.165, 1.54) is 0 Å². The molecule has 0 spiro atoms. The Bertz CT molecular complexity index is 337. The highest BCUT2D eigenvalue weighted by molar-refractivity contribution is 5.72. The summed E-state index contributed by atoms with van der Waals surface area (Å²) in [6, 6.07) is 0. The number of carbonyl (C=O) groups is 2. The normalized spacial score (nSPS) is 14.5. The Hall–Kier alpha value is -1.10. The molecule has 0 bridgehead atoms. The minimum atomic E-state index is -0.403. The molecule has 0 amide bonds. The summed E-state index contributed by atoms with van der Waals surface area (Å²) in [4.78, 5) is 24.4. The molecule has 0 N–H and O–H groups in total. The lowest BCUT2D eigenvalue weighted by atomic mass is 10.00. The molecule has 0 rings (SSSR count). The zero-order valence-electron chi connectivity index (χ0n) is 17.6. The van der Waals surface area contributed by atoms with Crippen LogP contribution < -0.4 is 0 Å². The Balaban J connectivity index is 4.41. The van der Waals surface area contributed by atoms with Crippen LogP contribution in [0.3, 0.4) is 0 Å². The molecule has 0 aliphatic carbocycles. The van der Waals surface area contributed by atoms with Gasteiger partial charge in [0.15, 0.2) is 0 Å². The summed E-state index contributed by atoms with van der Waals surface area (Å²) < 4.78 is 16.4. The molecule has 5 heteroatoms. The molecule has 0 aliphatic heterocycles. The number of hydrogen-bond acceptors (Lipinski definition) is 5. The molecule has 26 heavy (non-hydrogen) atoms. The second-order valence-corrected chi connectivity index (χ2v) is 6.83. The van der Waals surface area contributed by atoms with Crippen LogP contribution in [0.1, 0.15) is 86.0 Å².